The fourth-order valence-electron chi connectivity index (χ4n) is 2.06. The Kier molecular flexibility index (Phi) is 4.40. The molecule has 2 heterocycles. The fraction of sp³-hybridized carbons (Fsp3) is 0.125. The Bertz CT molecular complexity index is 812. The Hall–Kier alpha value is -2.25. The molecule has 3 rings (SSSR count). The monoisotopic (exact) mass is 344 g/mol. The van der Waals surface area contributed by atoms with Gasteiger partial charge in [-0.3, -0.25) is 19.3 Å². The molecule has 0 aliphatic carbocycles. The lowest BCUT2D eigenvalue weighted by Gasteiger charge is -2.08. The van der Waals surface area contributed by atoms with Crippen molar-refractivity contribution < 1.29 is 14.4 Å². The van der Waals surface area contributed by atoms with E-state index in [2.05, 4.69) is 4.98 Å². The number of imide groups is 1. The topological polar surface area (TPSA) is 67.3 Å². The number of rotatable bonds is 4. The van der Waals surface area contributed by atoms with Gasteiger partial charge in [0.1, 0.15) is 10.8 Å². The van der Waals surface area contributed by atoms with E-state index >= 15 is 0 Å². The lowest BCUT2D eigenvalue weighted by Crippen LogP contribution is -2.32. The Labute approximate surface area is 141 Å². The summed E-state index contributed by atoms with van der Waals surface area (Å²) in [5, 5.41) is 2.26. The molecule has 0 radical (unpaired) electrons. The number of benzene rings is 1. The van der Waals surface area contributed by atoms with Gasteiger partial charge in [-0.15, -0.1) is 11.3 Å². The van der Waals surface area contributed by atoms with Gasteiger partial charge < -0.3 is 0 Å². The molecule has 5 nitrogen and oxygen atoms in total. The van der Waals surface area contributed by atoms with E-state index in [1.165, 1.54) is 18.3 Å². The second-order valence-electron chi connectivity index (χ2n) is 4.91. The number of thioether (sulfide) groups is 1. The van der Waals surface area contributed by atoms with E-state index in [0.717, 1.165) is 27.2 Å². The third-order valence-corrected chi connectivity index (χ3v) is 4.89. The maximum absolute atomic E-state index is 12.2. The highest BCUT2D eigenvalue weighted by Gasteiger charge is 2.35. The van der Waals surface area contributed by atoms with Crippen molar-refractivity contribution in [3.8, 4) is 10.6 Å². The zero-order chi connectivity index (χ0) is 16.4. The van der Waals surface area contributed by atoms with Gasteiger partial charge in [-0.1, -0.05) is 30.3 Å². The van der Waals surface area contributed by atoms with Gasteiger partial charge in [0, 0.05) is 10.9 Å². The molecule has 1 aliphatic rings. The maximum Gasteiger partial charge on any atom is 0.293 e. The van der Waals surface area contributed by atoms with Gasteiger partial charge in [0.25, 0.3) is 11.1 Å². The van der Waals surface area contributed by atoms with Gasteiger partial charge in [-0.25, -0.2) is 4.98 Å². The molecule has 0 spiro atoms. The SMILES string of the molecule is CC(=O)CN1C(=O)S/C(=C/c2csc(-c3ccccc3)n2)C1=O. The summed E-state index contributed by atoms with van der Waals surface area (Å²) in [6.07, 6.45) is 1.59. The highest BCUT2D eigenvalue weighted by atomic mass is 32.2. The minimum Gasteiger partial charge on any atom is -0.298 e. The van der Waals surface area contributed by atoms with Gasteiger partial charge in [0.05, 0.1) is 17.1 Å². The quantitative estimate of drug-likeness (QED) is 0.795. The summed E-state index contributed by atoms with van der Waals surface area (Å²) < 4.78 is 0. The van der Waals surface area contributed by atoms with Crippen LogP contribution in [0.1, 0.15) is 12.6 Å². The lowest BCUT2D eigenvalue weighted by molar-refractivity contribution is -0.127. The van der Waals surface area contributed by atoms with Crippen molar-refractivity contribution in [2.75, 3.05) is 6.54 Å². The average molecular weight is 344 g/mol. The first kappa shape index (κ1) is 15.6. The number of amides is 2. The van der Waals surface area contributed by atoms with Crippen LogP contribution in [0.25, 0.3) is 16.6 Å². The van der Waals surface area contributed by atoms with Crippen molar-refractivity contribution in [1.29, 1.82) is 0 Å². The molecule has 0 atom stereocenters. The van der Waals surface area contributed by atoms with Crippen LogP contribution in [-0.2, 0) is 9.59 Å². The van der Waals surface area contributed by atoms with Crippen molar-refractivity contribution >= 4 is 46.1 Å². The number of ketones is 1. The molecule has 0 saturated carbocycles. The van der Waals surface area contributed by atoms with Crippen LogP contribution in [0.15, 0.2) is 40.6 Å². The first-order valence-corrected chi connectivity index (χ1v) is 8.50. The van der Waals surface area contributed by atoms with Crippen LogP contribution in [0.2, 0.25) is 0 Å². The first-order valence-electron chi connectivity index (χ1n) is 6.80. The molecule has 1 aliphatic heterocycles. The average Bonchev–Trinajstić information content (AvgIpc) is 3.09. The fourth-order valence-corrected chi connectivity index (χ4v) is 3.67. The van der Waals surface area contributed by atoms with Crippen molar-refractivity contribution in [2.24, 2.45) is 0 Å². The third kappa shape index (κ3) is 3.40. The Morgan fingerprint density at radius 1 is 1.26 bits per heavy atom. The van der Waals surface area contributed by atoms with E-state index in [1.54, 1.807) is 6.08 Å². The molecule has 0 bridgehead atoms. The number of hydrogen-bond donors (Lipinski definition) is 0. The summed E-state index contributed by atoms with van der Waals surface area (Å²) in [5.41, 5.74) is 1.63. The second-order valence-corrected chi connectivity index (χ2v) is 6.76. The van der Waals surface area contributed by atoms with Crippen LogP contribution in [0, 0.1) is 0 Å². The van der Waals surface area contributed by atoms with Gasteiger partial charge in [0.15, 0.2) is 0 Å². The molecular formula is C16H12N2O3S2. The van der Waals surface area contributed by atoms with E-state index in [1.807, 2.05) is 35.7 Å². The van der Waals surface area contributed by atoms with Crippen LogP contribution in [0.3, 0.4) is 0 Å². The summed E-state index contributed by atoms with van der Waals surface area (Å²) in [6.45, 7) is 1.16. The number of nitrogens with zero attached hydrogens (tertiary/aromatic N) is 2. The molecule has 116 valence electrons. The van der Waals surface area contributed by atoms with Gasteiger partial charge in [0.2, 0.25) is 0 Å². The molecule has 0 N–H and O–H groups in total. The summed E-state index contributed by atoms with van der Waals surface area (Å²) in [5.74, 6) is -0.668. The highest BCUT2D eigenvalue weighted by molar-refractivity contribution is 8.18. The molecular weight excluding hydrogens is 332 g/mol. The molecule has 0 unspecified atom stereocenters. The summed E-state index contributed by atoms with van der Waals surface area (Å²) in [6, 6.07) is 9.72. The second kappa shape index (κ2) is 6.47. The first-order chi connectivity index (χ1) is 11.0. The number of aromatic nitrogens is 1. The molecule has 1 aromatic heterocycles. The van der Waals surface area contributed by atoms with Gasteiger partial charge in [-0.05, 0) is 24.8 Å². The van der Waals surface area contributed by atoms with Crippen LogP contribution >= 0.6 is 23.1 Å². The number of hydrogen-bond acceptors (Lipinski definition) is 6. The maximum atomic E-state index is 12.2. The molecule has 1 saturated heterocycles. The zero-order valence-corrected chi connectivity index (χ0v) is 13.8. The van der Waals surface area contributed by atoms with Gasteiger partial charge in [-0.2, -0.15) is 0 Å². The Balaban J connectivity index is 1.83. The van der Waals surface area contributed by atoms with E-state index < -0.39 is 11.1 Å². The molecule has 7 heteroatoms. The Morgan fingerprint density at radius 3 is 2.70 bits per heavy atom. The number of thiazole rings is 1. The largest absolute Gasteiger partial charge is 0.298 e. The molecule has 1 fully saturated rings. The van der Waals surface area contributed by atoms with Gasteiger partial charge >= 0.3 is 0 Å². The molecule has 2 aromatic rings. The lowest BCUT2D eigenvalue weighted by atomic mass is 10.2. The normalized spacial score (nSPS) is 16.4. The standard InChI is InChI=1S/C16H12N2O3S2/c1-10(19)8-18-15(20)13(23-16(18)21)7-12-9-22-14(17-12)11-5-3-2-4-6-11/h2-7,9H,8H2,1H3/b13-7+. The molecule has 2 amide bonds. The van der Waals surface area contributed by atoms with Crippen molar-refractivity contribution in [1.82, 2.24) is 9.88 Å². The van der Waals surface area contributed by atoms with Crippen molar-refractivity contribution in [3.63, 3.8) is 0 Å². The Morgan fingerprint density at radius 2 is 2.00 bits per heavy atom. The summed E-state index contributed by atoms with van der Waals surface area (Å²) in [4.78, 5) is 40.8. The highest BCUT2D eigenvalue weighted by Crippen LogP contribution is 2.33. The molecule has 23 heavy (non-hydrogen) atoms. The van der Waals surface area contributed by atoms with Crippen molar-refractivity contribution in [2.45, 2.75) is 6.92 Å². The summed E-state index contributed by atoms with van der Waals surface area (Å²) in [7, 11) is 0. The van der Waals surface area contributed by atoms with E-state index in [0.29, 0.717) is 10.6 Å². The zero-order valence-electron chi connectivity index (χ0n) is 12.2. The number of carbonyl (C=O) groups is 3. The van der Waals surface area contributed by atoms with E-state index in [4.69, 9.17) is 0 Å². The molecule has 1 aromatic carbocycles. The van der Waals surface area contributed by atoms with Crippen LogP contribution in [0.4, 0.5) is 4.79 Å². The number of Topliss-reactive ketones (excluding diaryl/α,β-unsaturated/α-hetero) is 1. The van der Waals surface area contributed by atoms with Crippen LogP contribution < -0.4 is 0 Å². The third-order valence-electron chi connectivity index (χ3n) is 3.08. The van der Waals surface area contributed by atoms with Crippen LogP contribution in [0.5, 0.6) is 0 Å². The smallest absolute Gasteiger partial charge is 0.293 e. The number of carbonyl (C=O) groups excluding carboxylic acids is 3. The predicted molar refractivity (Wildman–Crippen MR) is 90.9 cm³/mol. The minimum atomic E-state index is -0.440. The summed E-state index contributed by atoms with van der Waals surface area (Å²) >= 11 is 2.31. The van der Waals surface area contributed by atoms with Crippen molar-refractivity contribution in [3.05, 3.63) is 46.3 Å². The van der Waals surface area contributed by atoms with E-state index in [9.17, 15) is 14.4 Å². The predicted octanol–water partition coefficient (Wildman–Crippen LogP) is 3.44. The van der Waals surface area contributed by atoms with E-state index in [-0.39, 0.29) is 12.3 Å². The van der Waals surface area contributed by atoms with Crippen LogP contribution in [-0.4, -0.2) is 33.4 Å². The minimum absolute atomic E-state index is 0.186.